The van der Waals surface area contributed by atoms with Gasteiger partial charge in [0.05, 0.1) is 19.8 Å². The third-order valence-electron chi connectivity index (χ3n) is 4.19. The fourth-order valence-corrected chi connectivity index (χ4v) is 5.58. The van der Waals surface area contributed by atoms with E-state index in [0.29, 0.717) is 21.2 Å². The van der Waals surface area contributed by atoms with E-state index in [1.165, 1.54) is 12.1 Å². The molecule has 7 heteroatoms. The van der Waals surface area contributed by atoms with Crippen molar-refractivity contribution in [1.29, 1.82) is 0 Å². The zero-order valence-corrected chi connectivity index (χ0v) is 20.0. The van der Waals surface area contributed by atoms with E-state index in [-0.39, 0.29) is 19.8 Å². The first kappa shape index (κ1) is 24.3. The van der Waals surface area contributed by atoms with Crippen LogP contribution in [0, 0.1) is 0 Å². The number of halogens is 4. The van der Waals surface area contributed by atoms with Gasteiger partial charge in [-0.1, -0.05) is 97.4 Å². The highest BCUT2D eigenvalue weighted by molar-refractivity contribution is 7.91. The van der Waals surface area contributed by atoms with E-state index in [1.807, 2.05) is 24.3 Å². The second-order valence-corrected chi connectivity index (χ2v) is 10.0. The fraction of sp³-hybridized carbons (Fsp3) is 0.273. The molecule has 0 aliphatic carbocycles. The van der Waals surface area contributed by atoms with Crippen molar-refractivity contribution in [2.75, 3.05) is 0 Å². The van der Waals surface area contributed by atoms with Crippen LogP contribution < -0.4 is 0 Å². The number of sulfone groups is 1. The molecule has 0 aliphatic heterocycles. The van der Waals surface area contributed by atoms with Gasteiger partial charge in [-0.15, -0.1) is 0 Å². The number of hydrogen-bond acceptors (Lipinski definition) is 2. The summed E-state index contributed by atoms with van der Waals surface area (Å²) in [5, 5.41) is 0.734. The fourth-order valence-electron chi connectivity index (χ4n) is 2.63. The summed E-state index contributed by atoms with van der Waals surface area (Å²) >= 11 is 25.2. The summed E-state index contributed by atoms with van der Waals surface area (Å²) in [5.74, 6) is 0. The standard InChI is InChI=1S/C22H22Cl4O2S/c1-3-5-7-9-15-11-19(25)21(13-17(15)23)29(27,28)22-14-18(24)16(12-20(22)26)10-8-6-4-2/h7-14H,3-6H2,1-2H3. The molecule has 2 aromatic carbocycles. The molecule has 29 heavy (non-hydrogen) atoms. The number of hydrogen-bond donors (Lipinski definition) is 0. The van der Waals surface area contributed by atoms with E-state index in [4.69, 9.17) is 46.4 Å². The molecule has 0 saturated carbocycles. The first-order valence-corrected chi connectivity index (χ1v) is 12.3. The first-order valence-electron chi connectivity index (χ1n) is 9.28. The summed E-state index contributed by atoms with van der Waals surface area (Å²) in [6, 6.07) is 5.79. The van der Waals surface area contributed by atoms with Gasteiger partial charge in [0.2, 0.25) is 9.84 Å². The largest absolute Gasteiger partial charge is 0.218 e. The van der Waals surface area contributed by atoms with Crippen LogP contribution in [0.4, 0.5) is 0 Å². The van der Waals surface area contributed by atoms with Crippen molar-refractivity contribution in [2.45, 2.75) is 49.3 Å². The van der Waals surface area contributed by atoms with E-state index in [2.05, 4.69) is 13.8 Å². The zero-order valence-electron chi connectivity index (χ0n) is 16.2. The lowest BCUT2D eigenvalue weighted by atomic mass is 10.2. The van der Waals surface area contributed by atoms with E-state index in [1.54, 1.807) is 12.1 Å². The average molecular weight is 492 g/mol. The Kier molecular flexibility index (Phi) is 9.12. The topological polar surface area (TPSA) is 34.1 Å². The Hall–Kier alpha value is -0.970. The molecular formula is C22H22Cl4O2S. The van der Waals surface area contributed by atoms with Gasteiger partial charge in [-0.2, -0.15) is 0 Å². The zero-order chi connectivity index (χ0) is 21.6. The van der Waals surface area contributed by atoms with Gasteiger partial charge < -0.3 is 0 Å². The van der Waals surface area contributed by atoms with E-state index >= 15 is 0 Å². The molecule has 0 radical (unpaired) electrons. The van der Waals surface area contributed by atoms with Crippen LogP contribution in [0.25, 0.3) is 12.2 Å². The number of unbranched alkanes of at least 4 members (excludes halogenated alkanes) is 2. The van der Waals surface area contributed by atoms with Crippen LogP contribution in [0.15, 0.2) is 46.2 Å². The van der Waals surface area contributed by atoms with Gasteiger partial charge in [0.25, 0.3) is 0 Å². The Morgan fingerprint density at radius 3 is 1.41 bits per heavy atom. The van der Waals surface area contributed by atoms with Gasteiger partial charge in [0, 0.05) is 10.0 Å². The Morgan fingerprint density at radius 1 is 0.690 bits per heavy atom. The minimum absolute atomic E-state index is 0.0738. The molecule has 0 spiro atoms. The summed E-state index contributed by atoms with van der Waals surface area (Å²) in [7, 11) is -4.01. The molecule has 2 aromatic rings. The summed E-state index contributed by atoms with van der Waals surface area (Å²) in [6.45, 7) is 4.13. The Morgan fingerprint density at radius 2 is 1.07 bits per heavy atom. The van der Waals surface area contributed by atoms with Crippen LogP contribution in [0.5, 0.6) is 0 Å². The Balaban J connectivity index is 2.50. The van der Waals surface area contributed by atoms with E-state index in [0.717, 1.165) is 25.7 Å². The predicted molar refractivity (Wildman–Crippen MR) is 126 cm³/mol. The average Bonchev–Trinajstić information content (AvgIpc) is 2.66. The molecule has 0 saturated heterocycles. The van der Waals surface area contributed by atoms with Crippen molar-refractivity contribution in [3.8, 4) is 0 Å². The molecule has 0 aliphatic rings. The molecule has 0 aromatic heterocycles. The second kappa shape index (κ2) is 10.9. The van der Waals surface area contributed by atoms with Gasteiger partial charge in [-0.05, 0) is 48.2 Å². The Labute approximate surface area is 193 Å². The molecule has 0 N–H and O–H groups in total. The smallest absolute Gasteiger partial charge is 0.209 e. The first-order chi connectivity index (χ1) is 13.7. The van der Waals surface area contributed by atoms with Crippen LogP contribution in [0.2, 0.25) is 20.1 Å². The summed E-state index contributed by atoms with van der Waals surface area (Å²) in [5.41, 5.74) is 1.31. The highest BCUT2D eigenvalue weighted by Crippen LogP contribution is 2.37. The van der Waals surface area contributed by atoms with Crippen LogP contribution in [-0.2, 0) is 9.84 Å². The highest BCUT2D eigenvalue weighted by atomic mass is 35.5. The molecule has 0 heterocycles. The SMILES string of the molecule is CCCC=Cc1cc(Cl)c(S(=O)(=O)c2cc(Cl)c(C=CCCC)cc2Cl)cc1Cl. The molecule has 156 valence electrons. The van der Waals surface area contributed by atoms with Crippen molar-refractivity contribution in [3.63, 3.8) is 0 Å². The number of rotatable bonds is 8. The normalized spacial score (nSPS) is 12.3. The van der Waals surface area contributed by atoms with Crippen molar-refractivity contribution < 1.29 is 8.42 Å². The lowest BCUT2D eigenvalue weighted by molar-refractivity contribution is 0.596. The van der Waals surface area contributed by atoms with Gasteiger partial charge in [-0.25, -0.2) is 8.42 Å². The van der Waals surface area contributed by atoms with Crippen molar-refractivity contribution in [1.82, 2.24) is 0 Å². The molecule has 0 amide bonds. The van der Waals surface area contributed by atoms with Gasteiger partial charge in [-0.3, -0.25) is 0 Å². The molecule has 0 fully saturated rings. The van der Waals surface area contributed by atoms with Crippen LogP contribution >= 0.6 is 46.4 Å². The van der Waals surface area contributed by atoms with Crippen molar-refractivity contribution >= 4 is 68.4 Å². The van der Waals surface area contributed by atoms with Gasteiger partial charge in [0.15, 0.2) is 0 Å². The lowest BCUT2D eigenvalue weighted by Gasteiger charge is -2.12. The predicted octanol–water partition coefficient (Wildman–Crippen LogP) is 8.76. The van der Waals surface area contributed by atoms with Crippen molar-refractivity contribution in [3.05, 3.63) is 67.6 Å². The van der Waals surface area contributed by atoms with E-state index in [9.17, 15) is 8.42 Å². The molecule has 0 atom stereocenters. The van der Waals surface area contributed by atoms with Crippen LogP contribution in [-0.4, -0.2) is 8.42 Å². The summed E-state index contributed by atoms with van der Waals surface area (Å²) in [6.07, 6.45) is 11.4. The third kappa shape index (κ3) is 6.02. The monoisotopic (exact) mass is 490 g/mol. The Bertz CT molecular complexity index is 964. The minimum Gasteiger partial charge on any atom is -0.218 e. The summed E-state index contributed by atoms with van der Waals surface area (Å²) in [4.78, 5) is -0.215. The van der Waals surface area contributed by atoms with Crippen molar-refractivity contribution in [2.24, 2.45) is 0 Å². The second-order valence-electron chi connectivity index (χ2n) is 6.49. The molecule has 0 bridgehead atoms. The minimum atomic E-state index is -4.01. The number of allylic oxidation sites excluding steroid dienone is 2. The van der Waals surface area contributed by atoms with E-state index < -0.39 is 9.84 Å². The molecule has 0 unspecified atom stereocenters. The number of benzene rings is 2. The maximum atomic E-state index is 13.2. The van der Waals surface area contributed by atoms with Gasteiger partial charge in [0.1, 0.15) is 0 Å². The molecular weight excluding hydrogens is 470 g/mol. The maximum Gasteiger partial charge on any atom is 0.209 e. The highest BCUT2D eigenvalue weighted by Gasteiger charge is 2.26. The maximum absolute atomic E-state index is 13.2. The van der Waals surface area contributed by atoms with Crippen LogP contribution in [0.1, 0.15) is 50.7 Å². The molecule has 2 nitrogen and oxygen atoms in total. The summed E-state index contributed by atoms with van der Waals surface area (Å²) < 4.78 is 26.4. The third-order valence-corrected chi connectivity index (χ3v) is 7.52. The van der Waals surface area contributed by atoms with Crippen LogP contribution in [0.3, 0.4) is 0 Å². The quantitative estimate of drug-likeness (QED) is 0.369. The lowest BCUT2D eigenvalue weighted by Crippen LogP contribution is -2.05. The molecule has 2 rings (SSSR count). The van der Waals surface area contributed by atoms with Gasteiger partial charge >= 0.3 is 0 Å².